The second-order valence-electron chi connectivity index (χ2n) is 5.98. The number of nitrogens with one attached hydrogen (secondary N) is 2. The van der Waals surface area contributed by atoms with Crippen molar-refractivity contribution in [2.45, 2.75) is 26.5 Å². The first kappa shape index (κ1) is 17.0. The average molecular weight is 342 g/mol. The first-order chi connectivity index (χ1) is 12.1. The fourth-order valence-electron chi connectivity index (χ4n) is 2.44. The fraction of sp³-hybridized carbons (Fsp3) is 0.316. The zero-order valence-corrected chi connectivity index (χ0v) is 14.4. The van der Waals surface area contributed by atoms with Crippen LogP contribution < -0.4 is 24.8 Å². The fourth-order valence-corrected chi connectivity index (χ4v) is 2.44. The van der Waals surface area contributed by atoms with E-state index in [-0.39, 0.29) is 12.1 Å². The molecule has 0 unspecified atom stereocenters. The number of benzene rings is 2. The topological polar surface area (TPSA) is 68.8 Å². The van der Waals surface area contributed by atoms with Crippen LogP contribution in [-0.2, 0) is 6.54 Å². The lowest BCUT2D eigenvalue weighted by Gasteiger charge is -2.19. The number of rotatable bonds is 5. The molecule has 2 N–H and O–H groups in total. The van der Waals surface area contributed by atoms with Gasteiger partial charge in [0.25, 0.3) is 0 Å². The molecule has 0 spiro atoms. The Morgan fingerprint density at radius 3 is 2.52 bits per heavy atom. The van der Waals surface area contributed by atoms with Gasteiger partial charge in [-0.1, -0.05) is 12.1 Å². The van der Waals surface area contributed by atoms with Gasteiger partial charge in [-0.2, -0.15) is 0 Å². The summed E-state index contributed by atoms with van der Waals surface area (Å²) in [6.07, 6.45) is 0.140. The molecular weight excluding hydrogens is 320 g/mol. The average Bonchev–Trinajstić information content (AvgIpc) is 2.60. The maximum Gasteiger partial charge on any atom is 0.319 e. The van der Waals surface area contributed by atoms with Gasteiger partial charge in [0, 0.05) is 18.3 Å². The lowest BCUT2D eigenvalue weighted by Crippen LogP contribution is -2.28. The number of carbonyl (C=O) groups is 1. The zero-order valence-electron chi connectivity index (χ0n) is 14.4. The Morgan fingerprint density at radius 2 is 1.80 bits per heavy atom. The highest BCUT2D eigenvalue weighted by molar-refractivity contribution is 5.89. The normalized spacial score (nSPS) is 12.6. The monoisotopic (exact) mass is 342 g/mol. The van der Waals surface area contributed by atoms with Crippen LogP contribution >= 0.6 is 0 Å². The standard InChI is InChI=1S/C19H22N2O4/c1-13(2)25-16-6-3-14(4-7-16)12-20-19(22)21-15-5-8-17-18(11-15)24-10-9-23-17/h3-8,11,13H,9-10,12H2,1-2H3,(H2,20,21,22). The Labute approximate surface area is 147 Å². The molecule has 2 aromatic carbocycles. The van der Waals surface area contributed by atoms with E-state index in [1.807, 2.05) is 38.1 Å². The van der Waals surface area contributed by atoms with E-state index in [4.69, 9.17) is 14.2 Å². The summed E-state index contributed by atoms with van der Waals surface area (Å²) in [6.45, 7) is 5.45. The number of carbonyl (C=O) groups excluding carboxylic acids is 1. The molecule has 25 heavy (non-hydrogen) atoms. The molecule has 2 aromatic rings. The van der Waals surface area contributed by atoms with Crippen molar-refractivity contribution < 1.29 is 19.0 Å². The minimum absolute atomic E-state index is 0.140. The number of hydrogen-bond acceptors (Lipinski definition) is 4. The maximum atomic E-state index is 12.0. The van der Waals surface area contributed by atoms with Crippen molar-refractivity contribution in [1.82, 2.24) is 5.32 Å². The van der Waals surface area contributed by atoms with Crippen molar-refractivity contribution in [1.29, 1.82) is 0 Å². The molecule has 3 rings (SSSR count). The molecular formula is C19H22N2O4. The number of amides is 2. The van der Waals surface area contributed by atoms with Crippen molar-refractivity contribution >= 4 is 11.7 Å². The highest BCUT2D eigenvalue weighted by atomic mass is 16.6. The highest BCUT2D eigenvalue weighted by Gasteiger charge is 2.12. The van der Waals surface area contributed by atoms with Gasteiger partial charge in [0.1, 0.15) is 19.0 Å². The quantitative estimate of drug-likeness (QED) is 0.872. The number of anilines is 1. The highest BCUT2D eigenvalue weighted by Crippen LogP contribution is 2.32. The summed E-state index contributed by atoms with van der Waals surface area (Å²) in [4.78, 5) is 12.0. The molecule has 1 aliphatic heterocycles. The summed E-state index contributed by atoms with van der Waals surface area (Å²) < 4.78 is 16.6. The smallest absolute Gasteiger partial charge is 0.319 e. The van der Waals surface area contributed by atoms with Gasteiger partial charge in [-0.15, -0.1) is 0 Å². The van der Waals surface area contributed by atoms with Crippen LogP contribution in [-0.4, -0.2) is 25.3 Å². The largest absolute Gasteiger partial charge is 0.491 e. The molecule has 0 bridgehead atoms. The van der Waals surface area contributed by atoms with E-state index in [0.29, 0.717) is 36.9 Å². The molecule has 6 heteroatoms. The lowest BCUT2D eigenvalue weighted by atomic mass is 10.2. The van der Waals surface area contributed by atoms with Crippen LogP contribution in [0.5, 0.6) is 17.2 Å². The zero-order chi connectivity index (χ0) is 17.6. The van der Waals surface area contributed by atoms with Crippen LogP contribution in [0.15, 0.2) is 42.5 Å². The molecule has 6 nitrogen and oxygen atoms in total. The van der Waals surface area contributed by atoms with Gasteiger partial charge in [0.2, 0.25) is 0 Å². The van der Waals surface area contributed by atoms with Crippen LogP contribution in [0, 0.1) is 0 Å². The van der Waals surface area contributed by atoms with Gasteiger partial charge in [0.05, 0.1) is 6.10 Å². The second kappa shape index (κ2) is 7.79. The molecule has 1 aliphatic rings. The molecule has 0 atom stereocenters. The summed E-state index contributed by atoms with van der Waals surface area (Å²) in [6, 6.07) is 12.7. The summed E-state index contributed by atoms with van der Waals surface area (Å²) in [5.74, 6) is 2.16. The van der Waals surface area contributed by atoms with Crippen molar-refractivity contribution in [3.05, 3.63) is 48.0 Å². The summed E-state index contributed by atoms with van der Waals surface area (Å²) in [5, 5.41) is 5.61. The number of hydrogen-bond donors (Lipinski definition) is 2. The molecule has 2 amide bonds. The van der Waals surface area contributed by atoms with E-state index in [9.17, 15) is 4.79 Å². The van der Waals surface area contributed by atoms with Crippen LogP contribution in [0.25, 0.3) is 0 Å². The van der Waals surface area contributed by atoms with Gasteiger partial charge >= 0.3 is 6.03 Å². The van der Waals surface area contributed by atoms with Crippen molar-refractivity contribution in [2.24, 2.45) is 0 Å². The summed E-state index contributed by atoms with van der Waals surface area (Å²) >= 11 is 0. The van der Waals surface area contributed by atoms with Gasteiger partial charge in [0.15, 0.2) is 11.5 Å². The van der Waals surface area contributed by atoms with Crippen molar-refractivity contribution in [2.75, 3.05) is 18.5 Å². The maximum absolute atomic E-state index is 12.0. The minimum Gasteiger partial charge on any atom is -0.491 e. The minimum atomic E-state index is -0.279. The van der Waals surface area contributed by atoms with E-state index in [0.717, 1.165) is 11.3 Å². The molecule has 0 aromatic heterocycles. The predicted octanol–water partition coefficient (Wildman–Crippen LogP) is 3.57. The molecule has 1 heterocycles. The van der Waals surface area contributed by atoms with E-state index in [1.54, 1.807) is 18.2 Å². The molecule has 0 saturated carbocycles. The second-order valence-corrected chi connectivity index (χ2v) is 5.98. The van der Waals surface area contributed by atoms with Gasteiger partial charge in [-0.05, 0) is 43.7 Å². The Kier molecular flexibility index (Phi) is 5.28. The SMILES string of the molecule is CC(C)Oc1ccc(CNC(=O)Nc2ccc3c(c2)OCCO3)cc1. The predicted molar refractivity (Wildman–Crippen MR) is 95.5 cm³/mol. The van der Waals surface area contributed by atoms with Gasteiger partial charge < -0.3 is 24.8 Å². The molecule has 0 aliphatic carbocycles. The third kappa shape index (κ3) is 4.79. The van der Waals surface area contributed by atoms with E-state index in [2.05, 4.69) is 10.6 Å². The van der Waals surface area contributed by atoms with Crippen molar-refractivity contribution in [3.8, 4) is 17.2 Å². The number of urea groups is 1. The number of ether oxygens (including phenoxy) is 3. The lowest BCUT2D eigenvalue weighted by molar-refractivity contribution is 0.171. The first-order valence-electron chi connectivity index (χ1n) is 8.30. The Hall–Kier alpha value is -2.89. The van der Waals surface area contributed by atoms with Gasteiger partial charge in [-0.25, -0.2) is 4.79 Å². The Morgan fingerprint density at radius 1 is 1.08 bits per heavy atom. The Bertz CT molecular complexity index is 729. The van der Waals surface area contributed by atoms with Crippen LogP contribution in [0.2, 0.25) is 0 Å². The van der Waals surface area contributed by atoms with Gasteiger partial charge in [-0.3, -0.25) is 0 Å². The van der Waals surface area contributed by atoms with E-state index >= 15 is 0 Å². The van der Waals surface area contributed by atoms with E-state index in [1.165, 1.54) is 0 Å². The summed E-state index contributed by atoms with van der Waals surface area (Å²) in [7, 11) is 0. The third-order valence-electron chi connectivity index (χ3n) is 3.55. The molecule has 0 saturated heterocycles. The third-order valence-corrected chi connectivity index (χ3v) is 3.55. The van der Waals surface area contributed by atoms with Crippen LogP contribution in [0.4, 0.5) is 10.5 Å². The Balaban J connectivity index is 1.51. The molecule has 132 valence electrons. The molecule has 0 radical (unpaired) electrons. The molecule has 0 fully saturated rings. The van der Waals surface area contributed by atoms with Crippen LogP contribution in [0.1, 0.15) is 19.4 Å². The van der Waals surface area contributed by atoms with Crippen LogP contribution in [0.3, 0.4) is 0 Å². The number of fused-ring (bicyclic) bond motifs is 1. The van der Waals surface area contributed by atoms with E-state index < -0.39 is 0 Å². The first-order valence-corrected chi connectivity index (χ1v) is 8.30. The van der Waals surface area contributed by atoms with Crippen molar-refractivity contribution in [3.63, 3.8) is 0 Å². The summed E-state index contributed by atoms with van der Waals surface area (Å²) in [5.41, 5.74) is 1.65.